The Balaban J connectivity index is 3.60. The molecule has 0 unspecified atom stereocenters. The molecule has 39 valence electrons. The summed E-state index contributed by atoms with van der Waals surface area (Å²) in [6, 6.07) is 0. The van der Waals surface area contributed by atoms with E-state index in [0.717, 1.165) is 12.0 Å². The van der Waals surface area contributed by atoms with Gasteiger partial charge in [-0.3, -0.25) is 4.79 Å². The minimum atomic E-state index is 0.750. The molecular formula is C6H9O. The molecule has 0 aromatic heterocycles. The first kappa shape index (κ1) is 6.41. The van der Waals surface area contributed by atoms with Crippen LogP contribution in [0.3, 0.4) is 0 Å². The Morgan fingerprint density at radius 2 is 2.43 bits per heavy atom. The minimum Gasteiger partial charge on any atom is -0.285 e. The Kier molecular flexibility index (Phi) is 3.29. The average Bonchev–Trinajstić information content (AvgIpc) is 1.72. The lowest BCUT2D eigenvalue weighted by Gasteiger charge is -1.82. The van der Waals surface area contributed by atoms with E-state index in [1.165, 1.54) is 0 Å². The molecule has 0 saturated heterocycles. The lowest BCUT2D eigenvalue weighted by atomic mass is 10.2. The maximum absolute atomic E-state index is 9.77. The molecule has 0 spiro atoms. The minimum absolute atomic E-state index is 0.750. The third-order valence-corrected chi connectivity index (χ3v) is 0.860. The van der Waals surface area contributed by atoms with E-state index in [1.807, 2.05) is 20.1 Å². The van der Waals surface area contributed by atoms with Gasteiger partial charge in [0.2, 0.25) is 6.29 Å². The first-order valence-electron chi connectivity index (χ1n) is 2.38. The molecule has 1 nitrogen and oxygen atoms in total. The average molecular weight is 97.1 g/mol. The van der Waals surface area contributed by atoms with Crippen LogP contribution in [0.1, 0.15) is 20.3 Å². The molecule has 0 aliphatic rings. The van der Waals surface area contributed by atoms with E-state index in [-0.39, 0.29) is 0 Å². The van der Waals surface area contributed by atoms with Crippen LogP contribution in [0.15, 0.2) is 11.6 Å². The Morgan fingerprint density at radius 1 is 1.86 bits per heavy atom. The SMILES string of the molecule is C/C=C(/[C]=O)CC. The van der Waals surface area contributed by atoms with Gasteiger partial charge in [0, 0.05) is 0 Å². The van der Waals surface area contributed by atoms with Gasteiger partial charge in [-0.15, -0.1) is 0 Å². The Labute approximate surface area is 44.0 Å². The van der Waals surface area contributed by atoms with Gasteiger partial charge in [-0.1, -0.05) is 13.0 Å². The van der Waals surface area contributed by atoms with Crippen molar-refractivity contribution in [2.75, 3.05) is 0 Å². The molecule has 0 heterocycles. The standard InChI is InChI=1S/C6H9O/c1-3-6(4-2)5-7/h3H,4H2,1-2H3/b6-3+. The zero-order valence-electron chi connectivity index (χ0n) is 4.69. The van der Waals surface area contributed by atoms with E-state index >= 15 is 0 Å². The molecule has 0 bridgehead atoms. The fraction of sp³-hybridized carbons (Fsp3) is 0.500. The van der Waals surface area contributed by atoms with E-state index in [2.05, 4.69) is 0 Å². The van der Waals surface area contributed by atoms with Gasteiger partial charge in [-0.05, 0) is 18.9 Å². The molecule has 0 aliphatic heterocycles. The highest BCUT2D eigenvalue weighted by Gasteiger charge is 1.84. The van der Waals surface area contributed by atoms with Crippen LogP contribution in [0.25, 0.3) is 0 Å². The van der Waals surface area contributed by atoms with Crippen molar-refractivity contribution in [3.8, 4) is 0 Å². The van der Waals surface area contributed by atoms with Gasteiger partial charge >= 0.3 is 0 Å². The number of rotatable bonds is 2. The van der Waals surface area contributed by atoms with Crippen molar-refractivity contribution >= 4 is 6.29 Å². The molecule has 0 aromatic rings. The second kappa shape index (κ2) is 3.59. The zero-order valence-corrected chi connectivity index (χ0v) is 4.69. The van der Waals surface area contributed by atoms with Crippen LogP contribution < -0.4 is 0 Å². The van der Waals surface area contributed by atoms with Crippen molar-refractivity contribution < 1.29 is 4.79 Å². The van der Waals surface area contributed by atoms with Gasteiger partial charge in [0.25, 0.3) is 0 Å². The van der Waals surface area contributed by atoms with E-state index < -0.39 is 0 Å². The Hall–Kier alpha value is -0.590. The maximum Gasteiger partial charge on any atom is 0.228 e. The quantitative estimate of drug-likeness (QED) is 0.476. The lowest BCUT2D eigenvalue weighted by Crippen LogP contribution is -1.77. The predicted octanol–water partition coefficient (Wildman–Crippen LogP) is 1.45. The largest absolute Gasteiger partial charge is 0.285 e. The van der Waals surface area contributed by atoms with Gasteiger partial charge < -0.3 is 0 Å². The summed E-state index contributed by atoms with van der Waals surface area (Å²) < 4.78 is 0. The molecule has 0 aliphatic carbocycles. The predicted molar refractivity (Wildman–Crippen MR) is 29.7 cm³/mol. The molecule has 1 radical (unpaired) electrons. The summed E-state index contributed by atoms with van der Waals surface area (Å²) in [5, 5.41) is 0. The normalized spacial score (nSPS) is 11.4. The van der Waals surface area contributed by atoms with Gasteiger partial charge in [0.15, 0.2) is 0 Å². The molecule has 0 aromatic carbocycles. The monoisotopic (exact) mass is 97.1 g/mol. The summed E-state index contributed by atoms with van der Waals surface area (Å²) in [5.41, 5.74) is 0.750. The third-order valence-electron chi connectivity index (χ3n) is 0.860. The summed E-state index contributed by atoms with van der Waals surface area (Å²) in [7, 11) is 0. The van der Waals surface area contributed by atoms with E-state index in [1.54, 1.807) is 6.08 Å². The Bertz CT molecular complexity index is 82.2. The van der Waals surface area contributed by atoms with Gasteiger partial charge in [0.1, 0.15) is 0 Å². The molecule has 7 heavy (non-hydrogen) atoms. The first-order chi connectivity index (χ1) is 3.35. The van der Waals surface area contributed by atoms with Crippen LogP contribution in [0.5, 0.6) is 0 Å². The second-order valence-electron chi connectivity index (χ2n) is 1.27. The molecular weight excluding hydrogens is 88.1 g/mol. The molecule has 0 saturated carbocycles. The second-order valence-corrected chi connectivity index (χ2v) is 1.27. The van der Waals surface area contributed by atoms with E-state index in [9.17, 15) is 4.79 Å². The van der Waals surface area contributed by atoms with E-state index in [0.29, 0.717) is 0 Å². The summed E-state index contributed by atoms with van der Waals surface area (Å²) in [4.78, 5) is 9.77. The van der Waals surface area contributed by atoms with Crippen molar-refractivity contribution in [3.05, 3.63) is 11.6 Å². The third kappa shape index (κ3) is 2.15. The van der Waals surface area contributed by atoms with E-state index in [4.69, 9.17) is 0 Å². The van der Waals surface area contributed by atoms with Crippen LogP contribution in [0, 0.1) is 0 Å². The molecule has 0 fully saturated rings. The maximum atomic E-state index is 9.77. The Morgan fingerprint density at radius 3 is 2.43 bits per heavy atom. The molecule has 1 heteroatoms. The van der Waals surface area contributed by atoms with Crippen molar-refractivity contribution in [2.45, 2.75) is 20.3 Å². The topological polar surface area (TPSA) is 17.1 Å². The van der Waals surface area contributed by atoms with Gasteiger partial charge in [-0.25, -0.2) is 0 Å². The summed E-state index contributed by atoms with van der Waals surface area (Å²) in [5.74, 6) is 0. The number of hydrogen-bond donors (Lipinski definition) is 0. The van der Waals surface area contributed by atoms with Gasteiger partial charge in [-0.2, -0.15) is 0 Å². The first-order valence-corrected chi connectivity index (χ1v) is 2.38. The highest BCUT2D eigenvalue weighted by atomic mass is 16.1. The van der Waals surface area contributed by atoms with Crippen LogP contribution in [-0.4, -0.2) is 6.29 Å². The van der Waals surface area contributed by atoms with Gasteiger partial charge in [0.05, 0.1) is 0 Å². The van der Waals surface area contributed by atoms with Crippen molar-refractivity contribution in [1.82, 2.24) is 0 Å². The molecule has 0 N–H and O–H groups in total. The highest BCUT2D eigenvalue weighted by Crippen LogP contribution is 1.92. The molecule has 0 rings (SSSR count). The molecule has 0 atom stereocenters. The summed E-state index contributed by atoms with van der Waals surface area (Å²) in [6.45, 7) is 3.77. The number of carbonyl (C=O) groups excluding carboxylic acids is 1. The van der Waals surface area contributed by atoms with Crippen LogP contribution in [0.2, 0.25) is 0 Å². The van der Waals surface area contributed by atoms with Crippen molar-refractivity contribution in [1.29, 1.82) is 0 Å². The number of allylic oxidation sites excluding steroid dienone is 2. The zero-order chi connectivity index (χ0) is 5.70. The summed E-state index contributed by atoms with van der Waals surface area (Å²) in [6.07, 6.45) is 4.38. The van der Waals surface area contributed by atoms with Crippen molar-refractivity contribution in [3.63, 3.8) is 0 Å². The van der Waals surface area contributed by atoms with Crippen LogP contribution >= 0.6 is 0 Å². The van der Waals surface area contributed by atoms with Crippen LogP contribution in [0.4, 0.5) is 0 Å². The smallest absolute Gasteiger partial charge is 0.228 e. The fourth-order valence-corrected chi connectivity index (χ4v) is 0.335. The molecule has 0 amide bonds. The fourth-order valence-electron chi connectivity index (χ4n) is 0.335. The lowest BCUT2D eigenvalue weighted by molar-refractivity contribution is 0.560. The highest BCUT2D eigenvalue weighted by molar-refractivity contribution is 5.73. The van der Waals surface area contributed by atoms with Crippen LogP contribution in [-0.2, 0) is 4.79 Å². The summed E-state index contributed by atoms with van der Waals surface area (Å²) >= 11 is 0. The van der Waals surface area contributed by atoms with Crippen molar-refractivity contribution in [2.24, 2.45) is 0 Å². The number of hydrogen-bond acceptors (Lipinski definition) is 1.